The zero-order valence-electron chi connectivity index (χ0n) is 17.9. The van der Waals surface area contributed by atoms with Gasteiger partial charge in [0.15, 0.2) is 0 Å². The summed E-state index contributed by atoms with van der Waals surface area (Å²) in [6.45, 7) is 8.45. The van der Waals surface area contributed by atoms with Crippen LogP contribution in [0.4, 0.5) is 0 Å². The summed E-state index contributed by atoms with van der Waals surface area (Å²) in [7, 11) is 0. The molecule has 1 unspecified atom stereocenters. The van der Waals surface area contributed by atoms with Crippen molar-refractivity contribution in [2.24, 2.45) is 11.3 Å². The third kappa shape index (κ3) is 9.59. The zero-order valence-corrected chi connectivity index (χ0v) is 17.9. The Morgan fingerprint density at radius 3 is 1.88 bits per heavy atom. The van der Waals surface area contributed by atoms with Gasteiger partial charge >= 0.3 is 5.97 Å². The molecule has 26 heavy (non-hydrogen) atoms. The lowest BCUT2D eigenvalue weighted by atomic mass is 9.68. The third-order valence-corrected chi connectivity index (χ3v) is 5.97. The highest BCUT2D eigenvalue weighted by atomic mass is 16.4. The van der Waals surface area contributed by atoms with Crippen LogP contribution in [0, 0.1) is 11.3 Å². The van der Waals surface area contributed by atoms with Crippen molar-refractivity contribution < 1.29 is 9.90 Å². The van der Waals surface area contributed by atoms with Gasteiger partial charge in [0, 0.05) is 0 Å². The Hall–Kier alpha value is -1.05. The van der Waals surface area contributed by atoms with Crippen molar-refractivity contribution >= 4 is 5.97 Å². The molecule has 0 radical (unpaired) electrons. The number of rotatable bonds is 17. The van der Waals surface area contributed by atoms with Crippen molar-refractivity contribution in [1.29, 1.82) is 0 Å². The number of carboxylic acids is 1. The molecule has 0 aliphatic heterocycles. The van der Waals surface area contributed by atoms with Gasteiger partial charge in [0.25, 0.3) is 0 Å². The Labute approximate surface area is 163 Å². The van der Waals surface area contributed by atoms with Crippen LogP contribution in [-0.4, -0.2) is 11.1 Å². The first-order valence-corrected chi connectivity index (χ1v) is 11.1. The lowest BCUT2D eigenvalue weighted by molar-refractivity contribution is -0.153. The number of carbonyl (C=O) groups is 1. The maximum Gasteiger partial charge on any atom is 0.309 e. The van der Waals surface area contributed by atoms with E-state index in [1.807, 2.05) is 13.8 Å². The maximum atomic E-state index is 11.8. The van der Waals surface area contributed by atoms with Gasteiger partial charge in [-0.05, 0) is 57.3 Å². The SMILES string of the molecule is CCCCCC=CCC=CCCCCCC(CC)C(CC)(CC)C(=O)O. The lowest BCUT2D eigenvalue weighted by Crippen LogP contribution is -2.37. The monoisotopic (exact) mass is 364 g/mol. The molecular weight excluding hydrogens is 320 g/mol. The van der Waals surface area contributed by atoms with Gasteiger partial charge in [-0.2, -0.15) is 0 Å². The lowest BCUT2D eigenvalue weighted by Gasteiger charge is -2.35. The maximum absolute atomic E-state index is 11.8. The smallest absolute Gasteiger partial charge is 0.309 e. The molecule has 2 heteroatoms. The molecular formula is C24H44O2. The van der Waals surface area contributed by atoms with Gasteiger partial charge in [-0.25, -0.2) is 0 Å². The molecule has 152 valence electrons. The molecule has 0 aliphatic rings. The normalized spacial score (nSPS) is 13.7. The van der Waals surface area contributed by atoms with Crippen LogP contribution in [0.15, 0.2) is 24.3 Å². The molecule has 0 bridgehead atoms. The van der Waals surface area contributed by atoms with E-state index >= 15 is 0 Å². The van der Waals surface area contributed by atoms with Crippen LogP contribution < -0.4 is 0 Å². The topological polar surface area (TPSA) is 37.3 Å². The van der Waals surface area contributed by atoms with Crippen molar-refractivity contribution in [2.75, 3.05) is 0 Å². The Morgan fingerprint density at radius 2 is 1.42 bits per heavy atom. The summed E-state index contributed by atoms with van der Waals surface area (Å²) in [5.41, 5.74) is -0.516. The second-order valence-electron chi connectivity index (χ2n) is 7.59. The van der Waals surface area contributed by atoms with Crippen molar-refractivity contribution in [3.05, 3.63) is 24.3 Å². The van der Waals surface area contributed by atoms with Gasteiger partial charge < -0.3 is 5.11 Å². The predicted octanol–water partition coefficient (Wildman–Crippen LogP) is 7.94. The van der Waals surface area contributed by atoms with E-state index in [2.05, 4.69) is 38.2 Å². The fourth-order valence-electron chi connectivity index (χ4n) is 4.02. The van der Waals surface area contributed by atoms with Crippen LogP contribution in [0.1, 0.15) is 111 Å². The molecule has 0 rings (SSSR count). The number of aliphatic carboxylic acids is 1. The second kappa shape index (κ2) is 16.1. The fourth-order valence-corrected chi connectivity index (χ4v) is 4.02. The largest absolute Gasteiger partial charge is 0.481 e. The fraction of sp³-hybridized carbons (Fsp3) is 0.792. The first kappa shape index (κ1) is 24.9. The van der Waals surface area contributed by atoms with Crippen molar-refractivity contribution in [3.63, 3.8) is 0 Å². The molecule has 0 saturated carbocycles. The minimum Gasteiger partial charge on any atom is -0.481 e. The van der Waals surface area contributed by atoms with Crippen molar-refractivity contribution in [3.8, 4) is 0 Å². The van der Waals surface area contributed by atoms with Gasteiger partial charge in [-0.3, -0.25) is 4.79 Å². The Kier molecular flexibility index (Phi) is 15.5. The standard InChI is InChI=1S/C24H44O2/c1-5-9-10-11-12-13-14-15-16-17-18-19-20-21-22(6-2)24(7-3,8-4)23(25)26/h12-13,15-16,22H,5-11,14,17-21H2,1-4H3,(H,25,26). The number of hydrogen-bond donors (Lipinski definition) is 1. The summed E-state index contributed by atoms with van der Waals surface area (Å²) in [5, 5.41) is 9.71. The average molecular weight is 365 g/mol. The number of carboxylic acid groups (broad SMARTS) is 1. The van der Waals surface area contributed by atoms with Gasteiger partial charge in [0.05, 0.1) is 5.41 Å². The predicted molar refractivity (Wildman–Crippen MR) is 115 cm³/mol. The highest BCUT2D eigenvalue weighted by Crippen LogP contribution is 2.40. The van der Waals surface area contributed by atoms with Crippen LogP contribution in [0.3, 0.4) is 0 Å². The highest BCUT2D eigenvalue weighted by Gasteiger charge is 2.41. The van der Waals surface area contributed by atoms with E-state index in [1.54, 1.807) is 0 Å². The van der Waals surface area contributed by atoms with Crippen LogP contribution in [0.5, 0.6) is 0 Å². The molecule has 0 aromatic rings. The van der Waals surface area contributed by atoms with Crippen LogP contribution in [-0.2, 0) is 4.79 Å². The Bertz CT molecular complexity index is 391. The van der Waals surface area contributed by atoms with Gasteiger partial charge in [0.1, 0.15) is 0 Å². The molecule has 0 fully saturated rings. The van der Waals surface area contributed by atoms with E-state index in [4.69, 9.17) is 0 Å². The van der Waals surface area contributed by atoms with E-state index in [1.165, 1.54) is 38.5 Å². The highest BCUT2D eigenvalue weighted by molar-refractivity contribution is 5.74. The number of hydrogen-bond acceptors (Lipinski definition) is 1. The van der Waals surface area contributed by atoms with Gasteiger partial charge in [-0.15, -0.1) is 0 Å². The van der Waals surface area contributed by atoms with E-state index in [0.717, 1.165) is 44.9 Å². The van der Waals surface area contributed by atoms with E-state index in [-0.39, 0.29) is 0 Å². The van der Waals surface area contributed by atoms with Crippen molar-refractivity contribution in [1.82, 2.24) is 0 Å². The molecule has 0 aromatic carbocycles. The number of unbranched alkanes of at least 4 members (excludes halogenated alkanes) is 6. The van der Waals surface area contributed by atoms with Crippen LogP contribution in [0.2, 0.25) is 0 Å². The molecule has 2 nitrogen and oxygen atoms in total. The quantitative estimate of drug-likeness (QED) is 0.210. The summed E-state index contributed by atoms with van der Waals surface area (Å²) in [6, 6.07) is 0. The zero-order chi connectivity index (χ0) is 19.7. The molecule has 1 N–H and O–H groups in total. The summed E-state index contributed by atoms with van der Waals surface area (Å²) >= 11 is 0. The van der Waals surface area contributed by atoms with Crippen LogP contribution >= 0.6 is 0 Å². The molecule has 0 aliphatic carbocycles. The molecule has 0 aromatic heterocycles. The summed E-state index contributed by atoms with van der Waals surface area (Å²) in [5.74, 6) is -0.289. The van der Waals surface area contributed by atoms with E-state index < -0.39 is 11.4 Å². The molecule has 0 amide bonds. The first-order valence-electron chi connectivity index (χ1n) is 11.1. The van der Waals surface area contributed by atoms with Gasteiger partial charge in [0.2, 0.25) is 0 Å². The summed E-state index contributed by atoms with van der Waals surface area (Å²) in [6.07, 6.45) is 23.6. The molecule has 1 atom stereocenters. The minimum absolute atomic E-state index is 0.309. The summed E-state index contributed by atoms with van der Waals surface area (Å²) in [4.78, 5) is 11.8. The first-order chi connectivity index (χ1) is 12.6. The molecule has 0 saturated heterocycles. The second-order valence-corrected chi connectivity index (χ2v) is 7.59. The number of allylic oxidation sites excluding steroid dienone is 4. The Balaban J connectivity index is 3.93. The minimum atomic E-state index is -0.597. The van der Waals surface area contributed by atoms with E-state index in [9.17, 15) is 9.90 Å². The van der Waals surface area contributed by atoms with Gasteiger partial charge in [-0.1, -0.05) is 84.1 Å². The molecule has 0 heterocycles. The van der Waals surface area contributed by atoms with Crippen molar-refractivity contribution in [2.45, 2.75) is 111 Å². The average Bonchev–Trinajstić information content (AvgIpc) is 2.64. The molecule has 0 spiro atoms. The summed E-state index contributed by atoms with van der Waals surface area (Å²) < 4.78 is 0. The van der Waals surface area contributed by atoms with Crippen LogP contribution in [0.25, 0.3) is 0 Å². The van der Waals surface area contributed by atoms with E-state index in [0.29, 0.717) is 5.92 Å². The Morgan fingerprint density at radius 1 is 0.846 bits per heavy atom. The third-order valence-electron chi connectivity index (χ3n) is 5.97.